The van der Waals surface area contributed by atoms with Crippen LogP contribution in [0.1, 0.15) is 70.0 Å². The van der Waals surface area contributed by atoms with Gasteiger partial charge in [-0.05, 0) is 72.9 Å². The summed E-state index contributed by atoms with van der Waals surface area (Å²) in [5.74, 6) is -1.05. The van der Waals surface area contributed by atoms with Crippen LogP contribution < -0.4 is 10.6 Å². The molecule has 2 aromatic heterocycles. The van der Waals surface area contributed by atoms with E-state index in [0.717, 1.165) is 38.7 Å². The number of pyridine rings is 2. The largest absolute Gasteiger partial charge is 0.465 e. The number of aromatic nitrogens is 2. The first kappa shape index (κ1) is 45.3. The Hall–Kier alpha value is -5.82. The van der Waals surface area contributed by atoms with Crippen molar-refractivity contribution in [3.8, 4) is 11.3 Å². The van der Waals surface area contributed by atoms with Crippen molar-refractivity contribution < 1.29 is 29.4 Å². The molecule has 4 aromatic rings. The molecular formula is C47H61N7O6. The number of carbonyl (C=O) groups is 4. The monoisotopic (exact) mass is 819 g/mol. The Kier molecular flexibility index (Phi) is 15.4. The Bertz CT molecular complexity index is 2040. The standard InChI is InChI=1S/C47H61N7O6/c1-8-31(2)41(54-26-25-53(45(54)58)30-36-18-14-15-32(3)49-36)43(56)51-39(28-33-16-10-9-11-17-33)40(55)29-37(50-44(57)42(47(4,5)6)52(7)46(59)60)27-34-20-22-35(23-21-34)38-19-12-13-24-48-38/h9-24,31,37,39-42,55H,8,25-30H2,1-7H3,(H,50,57)(H,51,56)(H,59,60)/t31?,37-,39+,40+,41+,42-/m1/s1. The number of aliphatic hydroxyl groups excluding tert-OH is 1. The van der Waals surface area contributed by atoms with Gasteiger partial charge < -0.3 is 30.6 Å². The molecule has 0 bridgehead atoms. The zero-order valence-electron chi connectivity index (χ0n) is 35.9. The third-order valence-electron chi connectivity index (χ3n) is 11.3. The number of aliphatic hydroxyl groups is 1. The highest BCUT2D eigenvalue weighted by Crippen LogP contribution is 2.27. The van der Waals surface area contributed by atoms with Gasteiger partial charge in [0.15, 0.2) is 0 Å². The number of urea groups is 1. The quantitative estimate of drug-likeness (QED) is 0.0903. The summed E-state index contributed by atoms with van der Waals surface area (Å²) in [6.07, 6.45) is 0.606. The van der Waals surface area contributed by atoms with Crippen LogP contribution in [-0.4, -0.2) is 109 Å². The highest BCUT2D eigenvalue weighted by atomic mass is 16.4. The van der Waals surface area contributed by atoms with Gasteiger partial charge in [0.25, 0.3) is 0 Å². The second-order valence-corrected chi connectivity index (χ2v) is 17.1. The molecule has 1 aliphatic heterocycles. The number of hydrogen-bond acceptors (Lipinski definition) is 7. The van der Waals surface area contributed by atoms with Crippen LogP contribution in [0.25, 0.3) is 11.3 Å². The molecule has 2 aromatic carbocycles. The van der Waals surface area contributed by atoms with E-state index in [-0.39, 0.29) is 30.7 Å². The number of carboxylic acid groups (broad SMARTS) is 1. The summed E-state index contributed by atoms with van der Waals surface area (Å²) in [6, 6.07) is 25.2. The van der Waals surface area contributed by atoms with E-state index < -0.39 is 47.7 Å². The first-order valence-corrected chi connectivity index (χ1v) is 20.8. The van der Waals surface area contributed by atoms with E-state index >= 15 is 0 Å². The fraction of sp³-hybridized carbons (Fsp3) is 0.447. The minimum Gasteiger partial charge on any atom is -0.465 e. The molecule has 0 radical (unpaired) electrons. The average Bonchev–Trinajstić information content (AvgIpc) is 3.56. The number of amides is 5. The Morgan fingerprint density at radius 2 is 1.55 bits per heavy atom. The molecule has 13 nitrogen and oxygen atoms in total. The molecule has 6 atom stereocenters. The number of aryl methyl sites for hydroxylation is 1. The van der Waals surface area contributed by atoms with Crippen LogP contribution >= 0.6 is 0 Å². The molecule has 5 amide bonds. The summed E-state index contributed by atoms with van der Waals surface area (Å²) < 4.78 is 0. The van der Waals surface area contributed by atoms with Crippen LogP contribution in [0.2, 0.25) is 0 Å². The SMILES string of the molecule is CCC(C)[C@@H](C(=O)N[C@@H](Cc1ccccc1)[C@@H](O)C[C@@H](Cc1ccc(-c2ccccn2)cc1)NC(=O)[C@@H](N(C)C(=O)O)C(C)(C)C)N1CCN(Cc2cccc(C)n2)C1=O. The average molecular weight is 820 g/mol. The summed E-state index contributed by atoms with van der Waals surface area (Å²) in [6.45, 7) is 12.4. The van der Waals surface area contributed by atoms with Crippen LogP contribution in [0, 0.1) is 18.3 Å². The molecule has 0 saturated carbocycles. The Morgan fingerprint density at radius 3 is 2.17 bits per heavy atom. The van der Waals surface area contributed by atoms with Crippen LogP contribution in [0.15, 0.2) is 97.2 Å². The van der Waals surface area contributed by atoms with Crippen LogP contribution in [0.3, 0.4) is 0 Å². The van der Waals surface area contributed by atoms with Gasteiger partial charge in [0.1, 0.15) is 12.1 Å². The fourth-order valence-electron chi connectivity index (χ4n) is 8.06. The highest BCUT2D eigenvalue weighted by Gasteiger charge is 2.42. The maximum atomic E-state index is 14.5. The lowest BCUT2D eigenvalue weighted by Gasteiger charge is -2.37. The van der Waals surface area contributed by atoms with Gasteiger partial charge in [-0.3, -0.25) is 24.5 Å². The summed E-state index contributed by atoms with van der Waals surface area (Å²) in [4.78, 5) is 68.1. The van der Waals surface area contributed by atoms with Crippen molar-refractivity contribution in [2.24, 2.45) is 11.3 Å². The van der Waals surface area contributed by atoms with Crippen molar-refractivity contribution in [2.75, 3.05) is 20.1 Å². The van der Waals surface area contributed by atoms with Gasteiger partial charge in [-0.15, -0.1) is 0 Å². The minimum absolute atomic E-state index is 0.0348. The van der Waals surface area contributed by atoms with E-state index in [1.165, 1.54) is 7.05 Å². The number of nitrogens with one attached hydrogen (secondary N) is 2. The highest BCUT2D eigenvalue weighted by molar-refractivity contribution is 5.88. The predicted molar refractivity (Wildman–Crippen MR) is 232 cm³/mol. The number of carbonyl (C=O) groups excluding carboxylic acids is 3. The number of nitrogens with zero attached hydrogens (tertiary/aromatic N) is 5. The molecule has 13 heteroatoms. The van der Waals surface area contributed by atoms with E-state index in [2.05, 4.69) is 20.6 Å². The van der Waals surface area contributed by atoms with Crippen molar-refractivity contribution in [3.63, 3.8) is 0 Å². The van der Waals surface area contributed by atoms with Crippen LogP contribution in [0.4, 0.5) is 9.59 Å². The van der Waals surface area contributed by atoms with Crippen molar-refractivity contribution in [2.45, 2.75) is 104 Å². The maximum Gasteiger partial charge on any atom is 0.407 e. The van der Waals surface area contributed by atoms with E-state index in [0.29, 0.717) is 32.5 Å². The fourth-order valence-corrected chi connectivity index (χ4v) is 8.06. The Morgan fingerprint density at radius 1 is 0.867 bits per heavy atom. The van der Waals surface area contributed by atoms with Gasteiger partial charge in [0.2, 0.25) is 11.8 Å². The number of likely N-dealkylation sites (N-methyl/N-ethyl adjacent to an activating group) is 1. The molecule has 320 valence electrons. The third-order valence-corrected chi connectivity index (χ3v) is 11.3. The van der Waals surface area contributed by atoms with Crippen molar-refractivity contribution in [1.29, 1.82) is 0 Å². The van der Waals surface area contributed by atoms with Gasteiger partial charge in [0, 0.05) is 43.6 Å². The summed E-state index contributed by atoms with van der Waals surface area (Å²) in [7, 11) is 1.38. The molecule has 0 spiro atoms. The topological polar surface area (TPSA) is 168 Å². The van der Waals surface area contributed by atoms with Crippen LogP contribution in [0.5, 0.6) is 0 Å². The van der Waals surface area contributed by atoms with E-state index in [1.807, 2.05) is 112 Å². The normalized spacial score (nSPS) is 16.0. The first-order chi connectivity index (χ1) is 28.5. The molecule has 0 aliphatic carbocycles. The summed E-state index contributed by atoms with van der Waals surface area (Å²) in [5, 5.41) is 28.4. The second kappa shape index (κ2) is 20.4. The maximum absolute atomic E-state index is 14.5. The molecule has 5 rings (SSSR count). The predicted octanol–water partition coefficient (Wildman–Crippen LogP) is 6.33. The number of benzene rings is 2. The molecule has 4 N–H and O–H groups in total. The minimum atomic E-state index is -1.24. The number of rotatable bonds is 18. The van der Waals surface area contributed by atoms with Gasteiger partial charge >= 0.3 is 12.1 Å². The molecule has 1 unspecified atom stereocenters. The molecule has 60 heavy (non-hydrogen) atoms. The molecule has 1 saturated heterocycles. The molecule has 3 heterocycles. The lowest BCUT2D eigenvalue weighted by Crippen LogP contribution is -2.58. The molecule has 1 fully saturated rings. The van der Waals surface area contributed by atoms with Crippen molar-refractivity contribution >= 4 is 23.9 Å². The molecular weight excluding hydrogens is 759 g/mol. The van der Waals surface area contributed by atoms with Gasteiger partial charge in [-0.2, -0.15) is 0 Å². The smallest absolute Gasteiger partial charge is 0.407 e. The zero-order chi connectivity index (χ0) is 43.6. The van der Waals surface area contributed by atoms with E-state index in [9.17, 15) is 29.4 Å². The summed E-state index contributed by atoms with van der Waals surface area (Å²) in [5.41, 5.74) is 4.38. The lowest BCUT2D eigenvalue weighted by atomic mass is 9.84. The zero-order valence-corrected chi connectivity index (χ0v) is 35.9. The lowest BCUT2D eigenvalue weighted by molar-refractivity contribution is -0.130. The van der Waals surface area contributed by atoms with E-state index in [1.54, 1.807) is 36.8 Å². The molecule has 1 aliphatic rings. The van der Waals surface area contributed by atoms with Gasteiger partial charge in [-0.1, -0.05) is 108 Å². The Balaban J connectivity index is 1.42. The Labute approximate surface area is 354 Å². The second-order valence-electron chi connectivity index (χ2n) is 17.1. The van der Waals surface area contributed by atoms with Gasteiger partial charge in [0.05, 0.1) is 30.1 Å². The van der Waals surface area contributed by atoms with Gasteiger partial charge in [-0.25, -0.2) is 9.59 Å². The first-order valence-electron chi connectivity index (χ1n) is 20.8. The van der Waals surface area contributed by atoms with E-state index in [4.69, 9.17) is 0 Å². The van der Waals surface area contributed by atoms with Crippen molar-refractivity contribution in [1.82, 2.24) is 35.3 Å². The number of hydrogen-bond donors (Lipinski definition) is 4. The van der Waals surface area contributed by atoms with Crippen molar-refractivity contribution in [3.05, 3.63) is 120 Å². The van der Waals surface area contributed by atoms with Crippen LogP contribution in [-0.2, 0) is 29.0 Å². The third kappa shape index (κ3) is 11.9. The summed E-state index contributed by atoms with van der Waals surface area (Å²) >= 11 is 0.